The van der Waals surface area contributed by atoms with Crippen LogP contribution in [-0.2, 0) is 10.0 Å². The number of imidazole rings is 1. The number of rotatable bonds is 5. The first kappa shape index (κ1) is 19.4. The van der Waals surface area contributed by atoms with Gasteiger partial charge < -0.3 is 19.6 Å². The molecule has 8 nitrogen and oxygen atoms in total. The van der Waals surface area contributed by atoms with Crippen molar-refractivity contribution in [1.82, 2.24) is 14.3 Å². The molecule has 0 unspecified atom stereocenters. The molecule has 29 heavy (non-hydrogen) atoms. The van der Waals surface area contributed by atoms with Gasteiger partial charge in [0, 0.05) is 37.9 Å². The summed E-state index contributed by atoms with van der Waals surface area (Å²) in [4.78, 5) is 18.5. The van der Waals surface area contributed by atoms with Crippen LogP contribution in [0.2, 0.25) is 0 Å². The molecular formula is C18H18F2N4O4S. The van der Waals surface area contributed by atoms with Gasteiger partial charge in [-0.25, -0.2) is 13.2 Å². The van der Waals surface area contributed by atoms with Gasteiger partial charge in [0.25, 0.3) is 0 Å². The topological polar surface area (TPSA) is 98.5 Å². The van der Waals surface area contributed by atoms with E-state index in [4.69, 9.17) is 0 Å². The van der Waals surface area contributed by atoms with Crippen LogP contribution in [0.5, 0.6) is 5.75 Å². The predicted octanol–water partition coefficient (Wildman–Crippen LogP) is 1.97. The van der Waals surface area contributed by atoms with Crippen LogP contribution in [0.15, 0.2) is 52.2 Å². The summed E-state index contributed by atoms with van der Waals surface area (Å²) in [5, 5.41) is 0. The smallest absolute Gasteiger partial charge is 0.387 e. The molecular weight excluding hydrogens is 406 g/mol. The van der Waals surface area contributed by atoms with E-state index in [1.807, 2.05) is 4.90 Å². The molecule has 0 spiro atoms. The van der Waals surface area contributed by atoms with Crippen LogP contribution in [0.25, 0.3) is 11.0 Å². The summed E-state index contributed by atoms with van der Waals surface area (Å²) in [5.41, 5.74) is 1.24. The first-order valence-electron chi connectivity index (χ1n) is 8.85. The van der Waals surface area contributed by atoms with Crippen molar-refractivity contribution in [2.75, 3.05) is 31.1 Å². The van der Waals surface area contributed by atoms with E-state index >= 15 is 0 Å². The summed E-state index contributed by atoms with van der Waals surface area (Å²) >= 11 is 0. The van der Waals surface area contributed by atoms with Gasteiger partial charge in [-0.2, -0.15) is 13.1 Å². The highest BCUT2D eigenvalue weighted by atomic mass is 32.2. The Hall–Kier alpha value is -2.92. The Morgan fingerprint density at radius 1 is 0.966 bits per heavy atom. The number of nitrogens with one attached hydrogen (secondary N) is 2. The number of hydrogen-bond donors (Lipinski definition) is 2. The lowest BCUT2D eigenvalue weighted by molar-refractivity contribution is -0.0498. The fourth-order valence-corrected chi connectivity index (χ4v) is 4.81. The van der Waals surface area contributed by atoms with E-state index in [1.165, 1.54) is 28.6 Å². The summed E-state index contributed by atoms with van der Waals surface area (Å²) in [7, 11) is -3.73. The summed E-state index contributed by atoms with van der Waals surface area (Å²) in [5.74, 6) is 0.0568. The number of alkyl halides is 2. The number of benzene rings is 2. The largest absolute Gasteiger partial charge is 0.435 e. The molecule has 0 bridgehead atoms. The van der Waals surface area contributed by atoms with E-state index in [1.54, 1.807) is 18.2 Å². The molecule has 11 heteroatoms. The Morgan fingerprint density at radius 3 is 2.41 bits per heavy atom. The summed E-state index contributed by atoms with van der Waals surface area (Å²) in [6.07, 6.45) is 0. The van der Waals surface area contributed by atoms with Crippen LogP contribution in [-0.4, -0.2) is 55.5 Å². The second-order valence-corrected chi connectivity index (χ2v) is 8.49. The molecule has 1 saturated heterocycles. The third-order valence-corrected chi connectivity index (χ3v) is 6.67. The van der Waals surface area contributed by atoms with Crippen LogP contribution >= 0.6 is 0 Å². The van der Waals surface area contributed by atoms with Crippen LogP contribution in [0.3, 0.4) is 0 Å². The van der Waals surface area contributed by atoms with Gasteiger partial charge in [-0.1, -0.05) is 6.07 Å². The molecule has 1 aliphatic rings. The fraction of sp³-hybridized carbons (Fsp3) is 0.278. The average Bonchev–Trinajstić information content (AvgIpc) is 3.07. The van der Waals surface area contributed by atoms with E-state index in [-0.39, 0.29) is 23.7 Å². The van der Waals surface area contributed by atoms with Crippen LogP contribution in [0.4, 0.5) is 14.5 Å². The van der Waals surface area contributed by atoms with E-state index < -0.39 is 22.3 Å². The molecule has 0 aliphatic carbocycles. The Labute approximate surface area is 164 Å². The number of sulfonamides is 1. The molecule has 154 valence electrons. The minimum absolute atomic E-state index is 0.0568. The van der Waals surface area contributed by atoms with E-state index in [0.29, 0.717) is 29.8 Å². The number of ether oxygens (including phenoxy) is 1. The summed E-state index contributed by atoms with van der Waals surface area (Å²) < 4.78 is 56.5. The second kappa shape index (κ2) is 7.48. The second-order valence-electron chi connectivity index (χ2n) is 6.55. The van der Waals surface area contributed by atoms with Gasteiger partial charge in [0.05, 0.1) is 15.9 Å². The number of fused-ring (bicyclic) bond motifs is 1. The highest BCUT2D eigenvalue weighted by molar-refractivity contribution is 7.89. The Morgan fingerprint density at radius 2 is 1.69 bits per heavy atom. The van der Waals surface area contributed by atoms with Crippen molar-refractivity contribution in [2.45, 2.75) is 11.5 Å². The summed E-state index contributed by atoms with van der Waals surface area (Å²) in [6.45, 7) is -1.62. The van der Waals surface area contributed by atoms with Crippen molar-refractivity contribution < 1.29 is 21.9 Å². The van der Waals surface area contributed by atoms with Crippen molar-refractivity contribution in [3.8, 4) is 5.75 Å². The molecule has 3 aromatic rings. The number of halogens is 2. The van der Waals surface area contributed by atoms with Crippen molar-refractivity contribution in [2.24, 2.45) is 0 Å². The fourth-order valence-electron chi connectivity index (χ4n) is 3.36. The quantitative estimate of drug-likeness (QED) is 0.653. The standard InChI is InChI=1S/C18H18F2N4O4S/c19-17(20)28-13-3-1-2-12(10-13)23-6-8-24(9-7-23)29(26,27)14-4-5-15-16(11-14)22-18(25)21-15/h1-5,10-11,17H,6-9H2,(H2,21,22,25). The molecule has 0 radical (unpaired) electrons. The Balaban J connectivity index is 1.49. The van der Waals surface area contributed by atoms with Crippen molar-refractivity contribution in [3.05, 3.63) is 52.9 Å². The number of hydrogen-bond acceptors (Lipinski definition) is 5. The van der Waals surface area contributed by atoms with Crippen molar-refractivity contribution in [3.63, 3.8) is 0 Å². The molecule has 1 aliphatic heterocycles. The lowest BCUT2D eigenvalue weighted by Gasteiger charge is -2.35. The highest BCUT2D eigenvalue weighted by Crippen LogP contribution is 2.26. The number of H-pyrrole nitrogens is 2. The SMILES string of the molecule is O=c1[nH]c2ccc(S(=O)(=O)N3CCN(c4cccc(OC(F)F)c4)CC3)cc2[nH]1. The number of aromatic nitrogens is 2. The average molecular weight is 424 g/mol. The van der Waals surface area contributed by atoms with E-state index in [0.717, 1.165) is 0 Å². The third-order valence-electron chi connectivity index (χ3n) is 4.77. The minimum Gasteiger partial charge on any atom is -0.435 e. The highest BCUT2D eigenvalue weighted by Gasteiger charge is 2.29. The molecule has 0 amide bonds. The maximum Gasteiger partial charge on any atom is 0.387 e. The van der Waals surface area contributed by atoms with Gasteiger partial charge in [-0.3, -0.25) is 0 Å². The maximum atomic E-state index is 13.0. The van der Waals surface area contributed by atoms with Gasteiger partial charge in [0.2, 0.25) is 10.0 Å². The van der Waals surface area contributed by atoms with Gasteiger partial charge in [0.1, 0.15) is 5.75 Å². The minimum atomic E-state index is -3.73. The van der Waals surface area contributed by atoms with Crippen molar-refractivity contribution in [1.29, 1.82) is 0 Å². The zero-order valence-corrected chi connectivity index (χ0v) is 16.0. The number of piperazine rings is 1. The molecule has 4 rings (SSSR count). The summed E-state index contributed by atoms with van der Waals surface area (Å²) in [6, 6.07) is 10.8. The van der Waals surface area contributed by atoms with Gasteiger partial charge in [0.15, 0.2) is 0 Å². The molecule has 0 atom stereocenters. The van der Waals surface area contributed by atoms with E-state index in [9.17, 15) is 22.0 Å². The zero-order chi connectivity index (χ0) is 20.6. The Bertz CT molecular complexity index is 1180. The van der Waals surface area contributed by atoms with Crippen molar-refractivity contribution >= 4 is 26.7 Å². The van der Waals surface area contributed by atoms with Gasteiger partial charge in [-0.15, -0.1) is 0 Å². The van der Waals surface area contributed by atoms with Crippen LogP contribution < -0.4 is 15.3 Å². The first-order valence-corrected chi connectivity index (χ1v) is 10.3. The first-order chi connectivity index (χ1) is 13.8. The molecule has 1 aromatic heterocycles. The van der Waals surface area contributed by atoms with E-state index in [2.05, 4.69) is 14.7 Å². The molecule has 1 fully saturated rings. The molecule has 2 heterocycles. The van der Waals surface area contributed by atoms with Gasteiger partial charge >= 0.3 is 12.3 Å². The number of aromatic amines is 2. The lowest BCUT2D eigenvalue weighted by atomic mass is 10.2. The molecule has 2 N–H and O–H groups in total. The zero-order valence-electron chi connectivity index (χ0n) is 15.1. The van der Waals surface area contributed by atoms with Crippen LogP contribution in [0, 0.1) is 0 Å². The molecule has 2 aromatic carbocycles. The number of anilines is 1. The molecule has 0 saturated carbocycles. The third kappa shape index (κ3) is 3.96. The normalized spacial score (nSPS) is 15.9. The van der Waals surface area contributed by atoms with Gasteiger partial charge in [-0.05, 0) is 30.3 Å². The number of nitrogens with zero attached hydrogens (tertiary/aromatic N) is 2. The van der Waals surface area contributed by atoms with Crippen LogP contribution in [0.1, 0.15) is 0 Å². The monoisotopic (exact) mass is 424 g/mol. The maximum absolute atomic E-state index is 13.0. The Kier molecular flexibility index (Phi) is 5.01. The lowest BCUT2D eigenvalue weighted by Crippen LogP contribution is -2.48. The predicted molar refractivity (Wildman–Crippen MR) is 103 cm³/mol.